The minimum absolute atomic E-state index is 0.818. The van der Waals surface area contributed by atoms with E-state index in [2.05, 4.69) is 30.7 Å². The average molecular weight is 170 g/mol. The third kappa shape index (κ3) is 2.46. The Kier molecular flexibility index (Phi) is 4.02. The first-order chi connectivity index (χ1) is 5.77. The molecule has 2 nitrogen and oxygen atoms in total. The molecule has 0 N–H and O–H groups in total. The monoisotopic (exact) mass is 170 g/mol. The fourth-order valence-electron chi connectivity index (χ4n) is 2.18. The van der Waals surface area contributed by atoms with E-state index >= 15 is 0 Å². The zero-order valence-corrected chi connectivity index (χ0v) is 8.71. The van der Waals surface area contributed by atoms with Crippen molar-refractivity contribution in [3.8, 4) is 0 Å². The van der Waals surface area contributed by atoms with Crippen LogP contribution in [0, 0.1) is 0 Å². The van der Waals surface area contributed by atoms with E-state index in [1.165, 1.54) is 39.0 Å². The SMILES string of the molecule is CCN(CC)C1CCCN(C)C1. The van der Waals surface area contributed by atoms with Gasteiger partial charge in [0.2, 0.25) is 0 Å². The van der Waals surface area contributed by atoms with Crippen LogP contribution < -0.4 is 0 Å². The van der Waals surface area contributed by atoms with Gasteiger partial charge in [0.25, 0.3) is 0 Å². The van der Waals surface area contributed by atoms with E-state index in [0.29, 0.717) is 0 Å². The molecule has 0 amide bonds. The Morgan fingerprint density at radius 2 is 2.00 bits per heavy atom. The number of likely N-dealkylation sites (tertiary alicyclic amines) is 1. The van der Waals surface area contributed by atoms with Crippen molar-refractivity contribution in [2.24, 2.45) is 0 Å². The second-order valence-corrected chi connectivity index (χ2v) is 3.78. The summed E-state index contributed by atoms with van der Waals surface area (Å²) in [6.45, 7) is 9.49. The molecule has 1 saturated heterocycles. The van der Waals surface area contributed by atoms with Gasteiger partial charge in [-0.05, 0) is 39.5 Å². The van der Waals surface area contributed by atoms with E-state index in [1.807, 2.05) is 0 Å². The van der Waals surface area contributed by atoms with Crippen molar-refractivity contribution in [3.05, 3.63) is 0 Å². The van der Waals surface area contributed by atoms with Crippen LogP contribution in [-0.4, -0.2) is 49.1 Å². The average Bonchev–Trinajstić information content (AvgIpc) is 2.07. The van der Waals surface area contributed by atoms with Crippen LogP contribution in [-0.2, 0) is 0 Å². The maximum Gasteiger partial charge on any atom is 0.0223 e. The summed E-state index contributed by atoms with van der Waals surface area (Å²) in [4.78, 5) is 5.03. The molecule has 0 aromatic rings. The molecule has 1 atom stereocenters. The Hall–Kier alpha value is -0.0800. The molecule has 0 aliphatic carbocycles. The van der Waals surface area contributed by atoms with Gasteiger partial charge in [0.05, 0.1) is 0 Å². The van der Waals surface area contributed by atoms with Crippen molar-refractivity contribution < 1.29 is 0 Å². The third-order valence-corrected chi connectivity index (χ3v) is 2.93. The summed E-state index contributed by atoms with van der Waals surface area (Å²) in [6, 6.07) is 0.818. The number of nitrogens with zero attached hydrogens (tertiary/aromatic N) is 2. The molecule has 2 heteroatoms. The molecule has 0 aromatic heterocycles. The largest absolute Gasteiger partial charge is 0.305 e. The molecular weight excluding hydrogens is 148 g/mol. The first-order valence-corrected chi connectivity index (χ1v) is 5.20. The van der Waals surface area contributed by atoms with Gasteiger partial charge < -0.3 is 4.90 Å². The van der Waals surface area contributed by atoms with Crippen LogP contribution in [0.3, 0.4) is 0 Å². The topological polar surface area (TPSA) is 6.48 Å². The summed E-state index contributed by atoms with van der Waals surface area (Å²) in [6.07, 6.45) is 2.77. The molecule has 0 bridgehead atoms. The van der Waals surface area contributed by atoms with Gasteiger partial charge in [0.1, 0.15) is 0 Å². The lowest BCUT2D eigenvalue weighted by Crippen LogP contribution is -2.46. The first kappa shape index (κ1) is 10.0. The molecule has 12 heavy (non-hydrogen) atoms. The Bertz CT molecular complexity index is 121. The van der Waals surface area contributed by atoms with E-state index in [-0.39, 0.29) is 0 Å². The highest BCUT2D eigenvalue weighted by atomic mass is 15.2. The zero-order valence-electron chi connectivity index (χ0n) is 8.71. The van der Waals surface area contributed by atoms with Crippen molar-refractivity contribution in [3.63, 3.8) is 0 Å². The van der Waals surface area contributed by atoms with Gasteiger partial charge in [-0.3, -0.25) is 4.90 Å². The molecule has 72 valence electrons. The van der Waals surface area contributed by atoms with Crippen molar-refractivity contribution in [2.45, 2.75) is 32.7 Å². The minimum Gasteiger partial charge on any atom is -0.305 e. The smallest absolute Gasteiger partial charge is 0.0223 e. The Labute approximate surface area is 76.5 Å². The molecule has 1 aliphatic rings. The molecule has 1 heterocycles. The number of rotatable bonds is 3. The lowest BCUT2D eigenvalue weighted by molar-refractivity contribution is 0.121. The number of piperidine rings is 1. The number of likely N-dealkylation sites (N-methyl/N-ethyl adjacent to an activating group) is 2. The first-order valence-electron chi connectivity index (χ1n) is 5.20. The van der Waals surface area contributed by atoms with Gasteiger partial charge in [-0.15, -0.1) is 0 Å². The fourth-order valence-corrected chi connectivity index (χ4v) is 2.18. The lowest BCUT2D eigenvalue weighted by atomic mass is 10.0. The third-order valence-electron chi connectivity index (χ3n) is 2.93. The summed E-state index contributed by atoms with van der Waals surface area (Å²) < 4.78 is 0. The highest BCUT2D eigenvalue weighted by Gasteiger charge is 2.20. The second kappa shape index (κ2) is 4.83. The number of hydrogen-bond acceptors (Lipinski definition) is 2. The molecule has 0 radical (unpaired) electrons. The summed E-state index contributed by atoms with van der Waals surface area (Å²) in [5.41, 5.74) is 0. The Morgan fingerprint density at radius 1 is 1.33 bits per heavy atom. The molecule has 0 saturated carbocycles. The van der Waals surface area contributed by atoms with Crippen LogP contribution in [0.25, 0.3) is 0 Å². The van der Waals surface area contributed by atoms with Crippen LogP contribution in [0.1, 0.15) is 26.7 Å². The van der Waals surface area contributed by atoms with Gasteiger partial charge >= 0.3 is 0 Å². The van der Waals surface area contributed by atoms with Crippen molar-refractivity contribution in [2.75, 3.05) is 33.2 Å². The highest BCUT2D eigenvalue weighted by Crippen LogP contribution is 2.13. The van der Waals surface area contributed by atoms with Gasteiger partial charge in [0, 0.05) is 12.6 Å². The maximum atomic E-state index is 2.58. The fraction of sp³-hybridized carbons (Fsp3) is 1.00. The summed E-state index contributed by atoms with van der Waals surface area (Å²) in [7, 11) is 2.23. The molecule has 0 aromatic carbocycles. The molecule has 1 aliphatic heterocycles. The number of hydrogen-bond donors (Lipinski definition) is 0. The Balaban J connectivity index is 2.38. The molecule has 1 unspecified atom stereocenters. The van der Waals surface area contributed by atoms with E-state index in [4.69, 9.17) is 0 Å². The van der Waals surface area contributed by atoms with Crippen molar-refractivity contribution >= 4 is 0 Å². The maximum absolute atomic E-state index is 2.58. The molecule has 0 spiro atoms. The van der Waals surface area contributed by atoms with E-state index in [0.717, 1.165) is 6.04 Å². The zero-order chi connectivity index (χ0) is 8.97. The van der Waals surface area contributed by atoms with Crippen LogP contribution >= 0.6 is 0 Å². The quantitative estimate of drug-likeness (QED) is 0.632. The van der Waals surface area contributed by atoms with E-state index in [1.54, 1.807) is 0 Å². The van der Waals surface area contributed by atoms with Crippen LogP contribution in [0.15, 0.2) is 0 Å². The van der Waals surface area contributed by atoms with Crippen molar-refractivity contribution in [1.29, 1.82) is 0 Å². The van der Waals surface area contributed by atoms with Crippen LogP contribution in [0.4, 0.5) is 0 Å². The van der Waals surface area contributed by atoms with E-state index < -0.39 is 0 Å². The van der Waals surface area contributed by atoms with Gasteiger partial charge in [-0.25, -0.2) is 0 Å². The van der Waals surface area contributed by atoms with Gasteiger partial charge in [-0.1, -0.05) is 13.8 Å². The molecular formula is C10H22N2. The Morgan fingerprint density at radius 3 is 2.50 bits per heavy atom. The van der Waals surface area contributed by atoms with Gasteiger partial charge in [0.15, 0.2) is 0 Å². The molecule has 1 fully saturated rings. The standard InChI is InChI=1S/C10H22N2/c1-4-12(5-2)10-7-6-8-11(3)9-10/h10H,4-9H2,1-3H3. The second-order valence-electron chi connectivity index (χ2n) is 3.78. The summed E-state index contributed by atoms with van der Waals surface area (Å²) in [5, 5.41) is 0. The lowest BCUT2D eigenvalue weighted by Gasteiger charge is -2.36. The molecule has 1 rings (SSSR count). The van der Waals surface area contributed by atoms with E-state index in [9.17, 15) is 0 Å². The minimum atomic E-state index is 0.818. The highest BCUT2D eigenvalue weighted by molar-refractivity contribution is 4.77. The predicted octanol–water partition coefficient (Wildman–Crippen LogP) is 1.42. The van der Waals surface area contributed by atoms with Crippen LogP contribution in [0.5, 0.6) is 0 Å². The van der Waals surface area contributed by atoms with Crippen LogP contribution in [0.2, 0.25) is 0 Å². The van der Waals surface area contributed by atoms with Gasteiger partial charge in [-0.2, -0.15) is 0 Å². The predicted molar refractivity (Wildman–Crippen MR) is 53.4 cm³/mol. The summed E-state index contributed by atoms with van der Waals surface area (Å²) >= 11 is 0. The normalized spacial score (nSPS) is 26.5. The summed E-state index contributed by atoms with van der Waals surface area (Å²) in [5.74, 6) is 0. The van der Waals surface area contributed by atoms with Crippen molar-refractivity contribution in [1.82, 2.24) is 9.80 Å².